The number of hydrogen-bond acceptors (Lipinski definition) is 6. The normalized spacial score (nSPS) is 40.7. The maximum absolute atomic E-state index is 14.0. The lowest BCUT2D eigenvalue weighted by Gasteiger charge is -2.41. The van der Waals surface area contributed by atoms with Crippen LogP contribution in [0.25, 0.3) is 0 Å². The minimum Gasteiger partial charge on any atom is -0.454 e. The Morgan fingerprint density at radius 2 is 1.93 bits per heavy atom. The summed E-state index contributed by atoms with van der Waals surface area (Å²) in [6.45, 7) is 3.87. The molecule has 0 radical (unpaired) electrons. The van der Waals surface area contributed by atoms with E-state index >= 15 is 0 Å². The monoisotopic (exact) mass is 461 g/mol. The van der Waals surface area contributed by atoms with E-state index in [-0.39, 0.29) is 24.6 Å². The average molecular weight is 462 g/mol. The molecule has 4 fully saturated rings. The molecule has 1 aromatic carbocycles. The molecule has 4 aliphatic heterocycles. The Balaban J connectivity index is 1.58. The van der Waals surface area contributed by atoms with Crippen LogP contribution in [0.2, 0.25) is 0 Å². The van der Waals surface area contributed by atoms with E-state index in [1.54, 1.807) is 11.0 Å². The predicted octanol–water partition coefficient (Wildman–Crippen LogP) is 1.73. The zero-order valence-electron chi connectivity index (χ0n) is 16.4. The van der Waals surface area contributed by atoms with Gasteiger partial charge in [0.1, 0.15) is 0 Å². The third kappa shape index (κ3) is 1.89. The van der Waals surface area contributed by atoms with Gasteiger partial charge in [-0.15, -0.1) is 0 Å². The molecule has 0 N–H and O–H groups in total. The second kappa shape index (κ2) is 5.64. The molecular formula is C20H19N3O4S3. The highest BCUT2D eigenvalue weighted by Crippen LogP contribution is 2.66. The smallest absolute Gasteiger partial charge is 0.261 e. The fourth-order valence-corrected chi connectivity index (χ4v) is 12.4. The lowest BCUT2D eigenvalue weighted by Crippen LogP contribution is -2.62. The molecule has 6 rings (SSSR count). The second-order valence-corrected chi connectivity index (χ2v) is 13.7. The number of piperazine rings is 1. The van der Waals surface area contributed by atoms with E-state index in [1.165, 1.54) is 8.88 Å². The molecule has 7 nitrogen and oxygen atoms in total. The van der Waals surface area contributed by atoms with Crippen LogP contribution in [-0.4, -0.2) is 44.2 Å². The van der Waals surface area contributed by atoms with Crippen molar-refractivity contribution >= 4 is 41.3 Å². The first-order valence-corrected chi connectivity index (χ1v) is 13.3. The zero-order chi connectivity index (χ0) is 21.1. The van der Waals surface area contributed by atoms with Gasteiger partial charge in [0.05, 0.1) is 17.5 Å². The third-order valence-corrected chi connectivity index (χ3v) is 12.9. The maximum atomic E-state index is 14.0. The Morgan fingerprint density at radius 1 is 1.20 bits per heavy atom. The number of amides is 2. The first kappa shape index (κ1) is 18.8. The summed E-state index contributed by atoms with van der Waals surface area (Å²) in [4.78, 5) is 29.4. The van der Waals surface area contributed by atoms with Gasteiger partial charge in [0.15, 0.2) is 21.2 Å². The second-order valence-electron chi connectivity index (χ2n) is 8.91. The van der Waals surface area contributed by atoms with Crippen LogP contribution >= 0.6 is 0 Å². The van der Waals surface area contributed by atoms with Gasteiger partial charge in [-0.2, -0.15) is 5.26 Å². The highest BCUT2D eigenvalue weighted by Gasteiger charge is 2.82. The van der Waals surface area contributed by atoms with Crippen molar-refractivity contribution in [3.63, 3.8) is 0 Å². The highest BCUT2D eigenvalue weighted by molar-refractivity contribution is 8.49. The SMILES string of the molecule is C[C@]1(C#N)C[C@]23C(=O)N(C4CC4)[C@@](C)(C(=O)N2[C@H]1c1ccc2c(c1)OCO2)[S@]3=S=S. The van der Waals surface area contributed by atoms with Crippen molar-refractivity contribution in [3.05, 3.63) is 23.8 Å². The van der Waals surface area contributed by atoms with Gasteiger partial charge in [-0.3, -0.25) is 9.59 Å². The van der Waals surface area contributed by atoms with E-state index in [4.69, 9.17) is 20.7 Å². The molecular weight excluding hydrogens is 442 g/mol. The summed E-state index contributed by atoms with van der Waals surface area (Å²) in [6, 6.07) is 7.53. The number of carbonyl (C=O) groups is 2. The molecule has 30 heavy (non-hydrogen) atoms. The summed E-state index contributed by atoms with van der Waals surface area (Å²) < 4.78 is 11.0. The van der Waals surface area contributed by atoms with Crippen LogP contribution in [-0.2, 0) is 39.1 Å². The number of nitrogens with zero attached hydrogens (tertiary/aromatic N) is 3. The van der Waals surface area contributed by atoms with Crippen molar-refractivity contribution in [1.29, 1.82) is 5.26 Å². The van der Waals surface area contributed by atoms with E-state index in [0.29, 0.717) is 17.9 Å². The van der Waals surface area contributed by atoms with E-state index < -0.39 is 30.7 Å². The molecule has 4 heterocycles. The Kier molecular flexibility index (Phi) is 3.53. The molecule has 0 unspecified atom stereocenters. The summed E-state index contributed by atoms with van der Waals surface area (Å²) in [5.74, 6) is 1.12. The minimum atomic E-state index is -1.05. The van der Waals surface area contributed by atoms with Crippen LogP contribution in [0.3, 0.4) is 0 Å². The quantitative estimate of drug-likeness (QED) is 0.667. The fourth-order valence-electron chi connectivity index (χ4n) is 5.74. The van der Waals surface area contributed by atoms with E-state index in [9.17, 15) is 14.9 Å². The highest BCUT2D eigenvalue weighted by atomic mass is 33.1. The van der Waals surface area contributed by atoms with Gasteiger partial charge in [-0.1, -0.05) is 6.07 Å². The van der Waals surface area contributed by atoms with E-state index in [0.717, 1.165) is 18.4 Å². The summed E-state index contributed by atoms with van der Waals surface area (Å²) >= 11 is 5.45. The number of benzene rings is 1. The maximum Gasteiger partial charge on any atom is 0.261 e. The summed E-state index contributed by atoms with van der Waals surface area (Å²) in [7, 11) is 0.454. The summed E-state index contributed by atoms with van der Waals surface area (Å²) in [5.41, 5.74) is -0.135. The molecule has 0 aromatic heterocycles. The Hall–Kier alpha value is -1.96. The molecule has 3 saturated heterocycles. The lowest BCUT2D eigenvalue weighted by atomic mass is 9.79. The molecule has 1 saturated carbocycles. The molecule has 1 spiro atoms. The molecule has 5 aliphatic rings. The van der Waals surface area contributed by atoms with Crippen molar-refractivity contribution in [2.45, 2.75) is 54.9 Å². The van der Waals surface area contributed by atoms with Gasteiger partial charge < -0.3 is 19.3 Å². The molecule has 10 heteroatoms. The van der Waals surface area contributed by atoms with Gasteiger partial charge in [-0.25, -0.2) is 0 Å². The largest absolute Gasteiger partial charge is 0.454 e. The molecule has 2 amide bonds. The third-order valence-electron chi connectivity index (χ3n) is 7.10. The van der Waals surface area contributed by atoms with Crippen molar-refractivity contribution in [2.24, 2.45) is 5.41 Å². The van der Waals surface area contributed by atoms with Crippen molar-refractivity contribution in [1.82, 2.24) is 9.80 Å². The standard InChI is InChI=1S/C20H19N3O4S3/c1-18(9-21)8-20-17(25)22(12-4-5-12)19(2,30(20)29-28)16(24)23(20)15(18)11-3-6-13-14(7-11)27-10-26-13/h3,6-7,12,15H,4-5,8,10H2,1-2H3/t15-,18+,19+,20-,30+/m0/s1. The number of rotatable bonds is 2. The molecule has 1 aromatic rings. The van der Waals surface area contributed by atoms with Gasteiger partial charge in [0.25, 0.3) is 11.8 Å². The van der Waals surface area contributed by atoms with Crippen molar-refractivity contribution in [3.8, 4) is 17.6 Å². The van der Waals surface area contributed by atoms with Crippen molar-refractivity contribution in [2.75, 3.05) is 6.79 Å². The Morgan fingerprint density at radius 3 is 2.60 bits per heavy atom. The van der Waals surface area contributed by atoms with Gasteiger partial charge >= 0.3 is 0 Å². The minimum absolute atomic E-state index is 0.0301. The van der Waals surface area contributed by atoms with Gasteiger partial charge in [-0.05, 0) is 73.9 Å². The summed E-state index contributed by atoms with van der Waals surface area (Å²) in [6.07, 6.45) is 2.14. The zero-order valence-corrected chi connectivity index (χ0v) is 18.9. The molecule has 1 aliphatic carbocycles. The van der Waals surface area contributed by atoms with E-state index in [2.05, 4.69) is 6.07 Å². The van der Waals surface area contributed by atoms with Gasteiger partial charge in [0, 0.05) is 12.5 Å². The number of hydrogen-bond donors (Lipinski definition) is 0. The van der Waals surface area contributed by atoms with Crippen LogP contribution in [0.5, 0.6) is 11.5 Å². The molecule has 5 atom stereocenters. The lowest BCUT2D eigenvalue weighted by molar-refractivity contribution is -0.161. The topological polar surface area (TPSA) is 82.9 Å². The van der Waals surface area contributed by atoms with Crippen LogP contribution in [0.4, 0.5) is 0 Å². The Labute approximate surface area is 183 Å². The van der Waals surface area contributed by atoms with Crippen LogP contribution in [0, 0.1) is 16.7 Å². The number of ether oxygens (including phenoxy) is 2. The molecule has 156 valence electrons. The van der Waals surface area contributed by atoms with Crippen LogP contribution in [0.1, 0.15) is 44.7 Å². The van der Waals surface area contributed by atoms with Crippen LogP contribution in [0.15, 0.2) is 18.2 Å². The first-order valence-electron chi connectivity index (χ1n) is 9.86. The van der Waals surface area contributed by atoms with Crippen LogP contribution < -0.4 is 9.47 Å². The summed E-state index contributed by atoms with van der Waals surface area (Å²) in [5, 5.41) is 10.2. The first-order chi connectivity index (χ1) is 14.3. The van der Waals surface area contributed by atoms with Gasteiger partial charge in [0.2, 0.25) is 6.79 Å². The molecule has 2 bridgehead atoms. The number of carbonyl (C=O) groups excluding carboxylic acids is 2. The average Bonchev–Trinajstić information content (AvgIpc) is 3.25. The number of nitriles is 1. The van der Waals surface area contributed by atoms with Crippen molar-refractivity contribution < 1.29 is 19.1 Å². The Bertz CT molecular complexity index is 1160. The number of fused-ring (bicyclic) bond motifs is 2. The predicted molar refractivity (Wildman–Crippen MR) is 114 cm³/mol. The fraction of sp³-hybridized carbons (Fsp3) is 0.550. The van der Waals surface area contributed by atoms with E-state index in [1.807, 2.05) is 30.9 Å².